The predicted molar refractivity (Wildman–Crippen MR) is 88.1 cm³/mol. The summed E-state index contributed by atoms with van der Waals surface area (Å²) < 4.78 is 0. The van der Waals surface area contributed by atoms with E-state index in [-0.39, 0.29) is 0 Å². The van der Waals surface area contributed by atoms with Crippen LogP contribution in [-0.4, -0.2) is 35.5 Å². The van der Waals surface area contributed by atoms with Gasteiger partial charge in [0.15, 0.2) is 0 Å². The van der Waals surface area contributed by atoms with E-state index in [1.54, 1.807) is 0 Å². The first-order valence-corrected chi connectivity index (χ1v) is 9.12. The molecule has 108 valence electrons. The highest BCUT2D eigenvalue weighted by molar-refractivity contribution is 7.99. The molecule has 1 unspecified atom stereocenters. The SMILES string of the molecule is CC(C)CNCc1ccc(CN2CCSC(C)C2)s1. The Balaban J connectivity index is 1.77. The van der Waals surface area contributed by atoms with Crippen LogP contribution < -0.4 is 5.32 Å². The molecule has 4 heteroatoms. The Labute approximate surface area is 126 Å². The summed E-state index contributed by atoms with van der Waals surface area (Å²) in [6, 6.07) is 4.60. The Morgan fingerprint density at radius 1 is 1.37 bits per heavy atom. The minimum Gasteiger partial charge on any atom is -0.312 e. The number of nitrogens with one attached hydrogen (secondary N) is 1. The summed E-state index contributed by atoms with van der Waals surface area (Å²) in [5.74, 6) is 2.02. The second-order valence-corrected chi connectivity index (χ2v) is 8.61. The third-order valence-corrected chi connectivity index (χ3v) is 5.48. The van der Waals surface area contributed by atoms with Gasteiger partial charge in [-0.15, -0.1) is 11.3 Å². The average Bonchev–Trinajstić information content (AvgIpc) is 2.76. The average molecular weight is 299 g/mol. The minimum atomic E-state index is 0.728. The van der Waals surface area contributed by atoms with Gasteiger partial charge >= 0.3 is 0 Å². The van der Waals surface area contributed by atoms with Crippen LogP contribution in [-0.2, 0) is 13.1 Å². The van der Waals surface area contributed by atoms with E-state index >= 15 is 0 Å². The number of hydrogen-bond donors (Lipinski definition) is 1. The molecule has 2 heterocycles. The molecule has 2 nitrogen and oxygen atoms in total. The maximum atomic E-state index is 3.52. The minimum absolute atomic E-state index is 0.728. The standard InChI is InChI=1S/C15H26N2S2/c1-12(2)8-16-9-14-4-5-15(19-14)11-17-6-7-18-13(3)10-17/h4-5,12-13,16H,6-11H2,1-3H3. The molecule has 0 spiro atoms. The smallest absolute Gasteiger partial charge is 0.0328 e. The first-order valence-electron chi connectivity index (χ1n) is 7.25. The fourth-order valence-electron chi connectivity index (χ4n) is 2.34. The van der Waals surface area contributed by atoms with Crippen LogP contribution in [0, 0.1) is 5.92 Å². The molecule has 0 amide bonds. The van der Waals surface area contributed by atoms with E-state index in [0.29, 0.717) is 0 Å². The van der Waals surface area contributed by atoms with E-state index in [0.717, 1.165) is 30.8 Å². The van der Waals surface area contributed by atoms with Gasteiger partial charge in [0.25, 0.3) is 0 Å². The fraction of sp³-hybridized carbons (Fsp3) is 0.733. The summed E-state index contributed by atoms with van der Waals surface area (Å²) in [6.45, 7) is 12.6. The largest absolute Gasteiger partial charge is 0.312 e. The molecule has 0 bridgehead atoms. The number of rotatable bonds is 6. The molecular weight excluding hydrogens is 272 g/mol. The van der Waals surface area contributed by atoms with Gasteiger partial charge in [0.05, 0.1) is 0 Å². The van der Waals surface area contributed by atoms with Gasteiger partial charge in [-0.1, -0.05) is 20.8 Å². The van der Waals surface area contributed by atoms with Crippen molar-refractivity contribution in [1.29, 1.82) is 0 Å². The first-order chi connectivity index (χ1) is 9.13. The molecule has 1 atom stereocenters. The molecule has 1 aliphatic rings. The zero-order valence-corrected chi connectivity index (χ0v) is 13.9. The highest BCUT2D eigenvalue weighted by Gasteiger charge is 2.17. The third kappa shape index (κ3) is 5.46. The van der Waals surface area contributed by atoms with E-state index in [1.807, 2.05) is 11.3 Å². The van der Waals surface area contributed by atoms with E-state index in [4.69, 9.17) is 0 Å². The number of nitrogens with zero attached hydrogens (tertiary/aromatic N) is 1. The Hall–Kier alpha value is -0.0300. The predicted octanol–water partition coefficient (Wildman–Crippen LogP) is 3.43. The van der Waals surface area contributed by atoms with Gasteiger partial charge in [-0.3, -0.25) is 4.90 Å². The summed E-state index contributed by atoms with van der Waals surface area (Å²) in [7, 11) is 0. The highest BCUT2D eigenvalue weighted by atomic mass is 32.2. The lowest BCUT2D eigenvalue weighted by molar-refractivity contribution is 0.281. The van der Waals surface area contributed by atoms with E-state index in [9.17, 15) is 0 Å². The van der Waals surface area contributed by atoms with Crippen LogP contribution in [0.15, 0.2) is 12.1 Å². The van der Waals surface area contributed by atoms with Crippen LogP contribution in [0.5, 0.6) is 0 Å². The van der Waals surface area contributed by atoms with E-state index in [1.165, 1.54) is 28.6 Å². The second kappa shape index (κ2) is 7.67. The number of thioether (sulfide) groups is 1. The normalized spacial score (nSPS) is 21.2. The molecule has 19 heavy (non-hydrogen) atoms. The van der Waals surface area contributed by atoms with E-state index < -0.39 is 0 Å². The first kappa shape index (κ1) is 15.4. The summed E-state index contributed by atoms with van der Waals surface area (Å²) >= 11 is 4.07. The van der Waals surface area contributed by atoms with Crippen LogP contribution in [0.2, 0.25) is 0 Å². The third-order valence-electron chi connectivity index (χ3n) is 3.27. The summed E-state index contributed by atoms with van der Waals surface area (Å²) in [5, 5.41) is 4.31. The maximum absolute atomic E-state index is 3.52. The van der Waals surface area contributed by atoms with Crippen LogP contribution in [0.4, 0.5) is 0 Å². The maximum Gasteiger partial charge on any atom is 0.0328 e. The van der Waals surface area contributed by atoms with Gasteiger partial charge in [0.2, 0.25) is 0 Å². The van der Waals surface area contributed by atoms with Crippen LogP contribution >= 0.6 is 23.1 Å². The van der Waals surface area contributed by atoms with Gasteiger partial charge in [0.1, 0.15) is 0 Å². The number of hydrogen-bond acceptors (Lipinski definition) is 4. The van der Waals surface area contributed by atoms with Crippen molar-refractivity contribution in [2.24, 2.45) is 5.92 Å². The fourth-order valence-corrected chi connectivity index (χ4v) is 4.45. The van der Waals surface area contributed by atoms with Crippen molar-refractivity contribution in [1.82, 2.24) is 10.2 Å². The molecule has 1 fully saturated rings. The molecule has 0 aromatic carbocycles. The Morgan fingerprint density at radius 3 is 2.89 bits per heavy atom. The Kier molecular flexibility index (Phi) is 6.20. The molecule has 0 saturated carbocycles. The van der Waals surface area contributed by atoms with Crippen LogP contribution in [0.25, 0.3) is 0 Å². The van der Waals surface area contributed by atoms with Crippen LogP contribution in [0.3, 0.4) is 0 Å². The lowest BCUT2D eigenvalue weighted by Crippen LogP contribution is -2.35. The van der Waals surface area contributed by atoms with Crippen molar-refractivity contribution in [3.63, 3.8) is 0 Å². The van der Waals surface area contributed by atoms with Gasteiger partial charge in [-0.05, 0) is 24.6 Å². The van der Waals surface area contributed by atoms with E-state index in [2.05, 4.69) is 54.9 Å². The summed E-state index contributed by atoms with van der Waals surface area (Å²) in [6.07, 6.45) is 0. The molecule has 2 rings (SSSR count). The monoisotopic (exact) mass is 298 g/mol. The van der Waals surface area contributed by atoms with Gasteiger partial charge in [-0.2, -0.15) is 11.8 Å². The second-order valence-electron chi connectivity index (χ2n) is 5.81. The quantitative estimate of drug-likeness (QED) is 0.866. The topological polar surface area (TPSA) is 15.3 Å². The van der Waals surface area contributed by atoms with Crippen molar-refractivity contribution < 1.29 is 0 Å². The summed E-state index contributed by atoms with van der Waals surface area (Å²) in [4.78, 5) is 5.58. The van der Waals surface area contributed by atoms with Crippen molar-refractivity contribution in [2.75, 3.05) is 25.4 Å². The number of thiophene rings is 1. The zero-order chi connectivity index (χ0) is 13.7. The van der Waals surface area contributed by atoms with Crippen molar-refractivity contribution in [3.05, 3.63) is 21.9 Å². The molecule has 0 radical (unpaired) electrons. The van der Waals surface area contributed by atoms with Gasteiger partial charge in [0, 0.05) is 46.9 Å². The van der Waals surface area contributed by atoms with Crippen molar-refractivity contribution >= 4 is 23.1 Å². The molecule has 1 aliphatic heterocycles. The lowest BCUT2D eigenvalue weighted by Gasteiger charge is -2.29. The lowest BCUT2D eigenvalue weighted by atomic mass is 10.2. The molecule has 1 saturated heterocycles. The van der Waals surface area contributed by atoms with Gasteiger partial charge < -0.3 is 5.32 Å². The van der Waals surface area contributed by atoms with Gasteiger partial charge in [-0.25, -0.2) is 0 Å². The van der Waals surface area contributed by atoms with Crippen molar-refractivity contribution in [3.8, 4) is 0 Å². The molecule has 1 N–H and O–H groups in total. The summed E-state index contributed by atoms with van der Waals surface area (Å²) in [5.41, 5.74) is 0. The molecule has 1 aromatic rings. The van der Waals surface area contributed by atoms with Crippen LogP contribution in [0.1, 0.15) is 30.5 Å². The molecule has 1 aromatic heterocycles. The molecular formula is C15H26N2S2. The Bertz CT molecular complexity index is 376. The molecule has 0 aliphatic carbocycles. The highest BCUT2D eigenvalue weighted by Crippen LogP contribution is 2.23. The van der Waals surface area contributed by atoms with Crippen molar-refractivity contribution in [2.45, 2.75) is 39.1 Å². The zero-order valence-electron chi connectivity index (χ0n) is 12.3. The Morgan fingerprint density at radius 2 is 2.16 bits per heavy atom.